The molecule has 124 valence electrons. The summed E-state index contributed by atoms with van der Waals surface area (Å²) in [5, 5.41) is 6.77. The molecule has 2 rings (SSSR count). The second kappa shape index (κ2) is 10.0. The molecule has 1 aliphatic rings. The van der Waals surface area contributed by atoms with Gasteiger partial charge in [0.25, 0.3) is 0 Å². The fourth-order valence-electron chi connectivity index (χ4n) is 2.15. The third-order valence-corrected chi connectivity index (χ3v) is 3.69. The van der Waals surface area contributed by atoms with E-state index in [9.17, 15) is 0 Å². The lowest BCUT2D eigenvalue weighted by molar-refractivity contribution is 0.134. The Morgan fingerprint density at radius 3 is 2.41 bits per heavy atom. The number of ether oxygens (including phenoxy) is 1. The summed E-state index contributed by atoms with van der Waals surface area (Å²) in [5.41, 5.74) is 2.43. The summed E-state index contributed by atoms with van der Waals surface area (Å²) in [6, 6.07) is 9.08. The van der Waals surface area contributed by atoms with Gasteiger partial charge < -0.3 is 15.4 Å². The van der Waals surface area contributed by atoms with E-state index in [1.54, 1.807) is 0 Å². The molecule has 22 heavy (non-hydrogen) atoms. The van der Waals surface area contributed by atoms with Crippen LogP contribution in [-0.2, 0) is 17.9 Å². The number of guanidine groups is 1. The van der Waals surface area contributed by atoms with Gasteiger partial charge in [0.1, 0.15) is 0 Å². The first-order valence-corrected chi connectivity index (χ1v) is 7.93. The van der Waals surface area contributed by atoms with Crippen LogP contribution in [0.25, 0.3) is 0 Å². The average Bonchev–Trinajstić information content (AvgIpc) is 3.19. The molecule has 0 spiro atoms. The lowest BCUT2D eigenvalue weighted by Gasteiger charge is -2.10. The minimum atomic E-state index is 0. The molecule has 1 aromatic carbocycles. The maximum atomic E-state index is 5.40. The Morgan fingerprint density at radius 1 is 1.23 bits per heavy atom. The van der Waals surface area contributed by atoms with Crippen LogP contribution in [0.5, 0.6) is 0 Å². The van der Waals surface area contributed by atoms with E-state index in [0.29, 0.717) is 19.2 Å². The van der Waals surface area contributed by atoms with E-state index in [4.69, 9.17) is 4.74 Å². The monoisotopic (exact) mass is 417 g/mol. The smallest absolute Gasteiger partial charge is 0.191 e. The first-order valence-electron chi connectivity index (χ1n) is 7.93. The Morgan fingerprint density at radius 2 is 1.86 bits per heavy atom. The van der Waals surface area contributed by atoms with E-state index in [2.05, 4.69) is 53.7 Å². The van der Waals surface area contributed by atoms with Crippen molar-refractivity contribution in [2.75, 3.05) is 13.2 Å². The van der Waals surface area contributed by atoms with Crippen LogP contribution in [-0.4, -0.2) is 25.2 Å². The number of benzene rings is 1. The Hall–Kier alpha value is -0.820. The molecular formula is C17H28IN3O. The number of hydrogen-bond donors (Lipinski definition) is 2. The first kappa shape index (κ1) is 19.2. The molecule has 1 saturated carbocycles. The first-order chi connectivity index (χ1) is 10.2. The molecule has 2 unspecified atom stereocenters. The number of halogens is 1. The summed E-state index contributed by atoms with van der Waals surface area (Å²) in [5.74, 6) is 1.69. The zero-order valence-corrected chi connectivity index (χ0v) is 16.1. The Balaban J connectivity index is 0.00000242. The van der Waals surface area contributed by atoms with Crippen molar-refractivity contribution < 1.29 is 4.74 Å². The van der Waals surface area contributed by atoms with Crippen molar-refractivity contribution in [3.05, 3.63) is 35.4 Å². The Kier molecular flexibility index (Phi) is 8.78. The predicted octanol–water partition coefficient (Wildman–Crippen LogP) is 3.30. The van der Waals surface area contributed by atoms with E-state index >= 15 is 0 Å². The quantitative estimate of drug-likeness (QED) is 0.407. The molecule has 0 heterocycles. The maximum absolute atomic E-state index is 5.40. The molecule has 1 fully saturated rings. The van der Waals surface area contributed by atoms with Gasteiger partial charge in [-0.25, -0.2) is 4.99 Å². The van der Waals surface area contributed by atoms with Gasteiger partial charge in [-0.15, -0.1) is 24.0 Å². The van der Waals surface area contributed by atoms with Crippen LogP contribution in [0.3, 0.4) is 0 Å². The van der Waals surface area contributed by atoms with E-state index in [0.717, 1.165) is 25.0 Å². The standard InChI is InChI=1S/C17H27N3O.HI/c1-4-18-17(20-16-10-13(16)3)19-11-14-6-8-15(9-7-14)12-21-5-2;/h6-9,13,16H,4-5,10-12H2,1-3H3,(H2,18,19,20);1H. The third kappa shape index (κ3) is 6.52. The lowest BCUT2D eigenvalue weighted by Crippen LogP contribution is -2.39. The fraction of sp³-hybridized carbons (Fsp3) is 0.588. The minimum absolute atomic E-state index is 0. The van der Waals surface area contributed by atoms with Crippen molar-refractivity contribution in [3.8, 4) is 0 Å². The third-order valence-electron chi connectivity index (χ3n) is 3.69. The molecule has 2 N–H and O–H groups in total. The molecule has 0 aromatic heterocycles. The van der Waals surface area contributed by atoms with Crippen molar-refractivity contribution >= 4 is 29.9 Å². The van der Waals surface area contributed by atoms with Gasteiger partial charge in [0, 0.05) is 19.2 Å². The topological polar surface area (TPSA) is 45.7 Å². The van der Waals surface area contributed by atoms with Gasteiger partial charge in [0.15, 0.2) is 5.96 Å². The molecule has 0 bridgehead atoms. The fourth-order valence-corrected chi connectivity index (χ4v) is 2.15. The summed E-state index contributed by atoms with van der Waals surface area (Å²) in [7, 11) is 0. The van der Waals surface area contributed by atoms with Crippen LogP contribution < -0.4 is 10.6 Å². The highest BCUT2D eigenvalue weighted by Gasteiger charge is 2.33. The van der Waals surface area contributed by atoms with Crippen LogP contribution in [0.1, 0.15) is 38.3 Å². The zero-order valence-electron chi connectivity index (χ0n) is 13.8. The summed E-state index contributed by atoms with van der Waals surface area (Å²) in [6.45, 7) is 9.40. The van der Waals surface area contributed by atoms with Gasteiger partial charge in [-0.2, -0.15) is 0 Å². The van der Waals surface area contributed by atoms with Crippen molar-refractivity contribution in [3.63, 3.8) is 0 Å². The highest BCUT2D eigenvalue weighted by Crippen LogP contribution is 2.28. The molecule has 2 atom stereocenters. The van der Waals surface area contributed by atoms with E-state index < -0.39 is 0 Å². The van der Waals surface area contributed by atoms with Crippen LogP contribution in [0.15, 0.2) is 29.3 Å². The van der Waals surface area contributed by atoms with E-state index in [1.165, 1.54) is 17.5 Å². The molecule has 0 amide bonds. The van der Waals surface area contributed by atoms with Crippen molar-refractivity contribution in [1.29, 1.82) is 0 Å². The molecular weight excluding hydrogens is 389 g/mol. The van der Waals surface area contributed by atoms with Crippen LogP contribution >= 0.6 is 24.0 Å². The van der Waals surface area contributed by atoms with E-state index in [-0.39, 0.29) is 24.0 Å². The van der Waals surface area contributed by atoms with Gasteiger partial charge in [-0.05, 0) is 37.3 Å². The van der Waals surface area contributed by atoms with Crippen molar-refractivity contribution in [2.45, 2.75) is 46.4 Å². The molecule has 0 saturated heterocycles. The van der Waals surface area contributed by atoms with Gasteiger partial charge in [-0.1, -0.05) is 31.2 Å². The van der Waals surface area contributed by atoms with Crippen molar-refractivity contribution in [1.82, 2.24) is 10.6 Å². The number of aliphatic imine (C=N–C) groups is 1. The molecule has 1 aromatic rings. The van der Waals surface area contributed by atoms with Gasteiger partial charge in [-0.3, -0.25) is 0 Å². The Labute approximate surface area is 151 Å². The average molecular weight is 417 g/mol. The SMILES string of the molecule is CCNC(=NCc1ccc(COCC)cc1)NC1CC1C.I. The summed E-state index contributed by atoms with van der Waals surface area (Å²) >= 11 is 0. The van der Waals surface area contributed by atoms with E-state index in [1.807, 2.05) is 6.92 Å². The zero-order chi connectivity index (χ0) is 15.1. The second-order valence-electron chi connectivity index (χ2n) is 5.61. The predicted molar refractivity (Wildman–Crippen MR) is 103 cm³/mol. The number of nitrogens with zero attached hydrogens (tertiary/aromatic N) is 1. The highest BCUT2D eigenvalue weighted by atomic mass is 127. The van der Waals surface area contributed by atoms with Crippen LogP contribution in [0.2, 0.25) is 0 Å². The Bertz CT molecular complexity index is 461. The number of rotatable bonds is 7. The maximum Gasteiger partial charge on any atom is 0.191 e. The normalized spacial score (nSPS) is 20.2. The second-order valence-corrected chi connectivity index (χ2v) is 5.61. The van der Waals surface area contributed by atoms with Crippen molar-refractivity contribution in [2.24, 2.45) is 10.9 Å². The molecule has 1 aliphatic carbocycles. The summed E-state index contributed by atoms with van der Waals surface area (Å²) in [6.07, 6.45) is 1.25. The van der Waals surface area contributed by atoms with Gasteiger partial charge in [0.05, 0.1) is 13.2 Å². The van der Waals surface area contributed by atoms with Gasteiger partial charge in [0.2, 0.25) is 0 Å². The number of hydrogen-bond acceptors (Lipinski definition) is 2. The summed E-state index contributed by atoms with van der Waals surface area (Å²) in [4.78, 5) is 4.65. The number of nitrogens with one attached hydrogen (secondary N) is 2. The molecule has 0 aliphatic heterocycles. The van der Waals surface area contributed by atoms with Gasteiger partial charge >= 0.3 is 0 Å². The minimum Gasteiger partial charge on any atom is -0.377 e. The largest absolute Gasteiger partial charge is 0.377 e. The highest BCUT2D eigenvalue weighted by molar-refractivity contribution is 14.0. The summed E-state index contributed by atoms with van der Waals surface area (Å²) < 4.78 is 5.40. The molecule has 4 nitrogen and oxygen atoms in total. The molecule has 5 heteroatoms. The molecule has 0 radical (unpaired) electrons. The lowest BCUT2D eigenvalue weighted by atomic mass is 10.1. The van der Waals surface area contributed by atoms with Crippen LogP contribution in [0, 0.1) is 5.92 Å². The van der Waals surface area contributed by atoms with Crippen LogP contribution in [0.4, 0.5) is 0 Å².